The van der Waals surface area contributed by atoms with Crippen molar-refractivity contribution in [3.8, 4) is 0 Å². The summed E-state index contributed by atoms with van der Waals surface area (Å²) >= 11 is 3.63. The van der Waals surface area contributed by atoms with E-state index in [4.69, 9.17) is 9.73 Å². The van der Waals surface area contributed by atoms with Gasteiger partial charge in [-0.15, -0.1) is 0 Å². The van der Waals surface area contributed by atoms with Crippen LogP contribution in [0.2, 0.25) is 0 Å². The largest absolute Gasteiger partial charge is 0.394 e. The number of rotatable bonds is 4. The molecule has 0 heterocycles. The van der Waals surface area contributed by atoms with E-state index in [0.717, 1.165) is 42.1 Å². The Labute approximate surface area is 169 Å². The predicted molar refractivity (Wildman–Crippen MR) is 112 cm³/mol. The molecule has 1 saturated carbocycles. The quantitative estimate of drug-likeness (QED) is 0.736. The van der Waals surface area contributed by atoms with Crippen LogP contribution in [0.5, 0.6) is 0 Å². The van der Waals surface area contributed by atoms with Gasteiger partial charge in [-0.05, 0) is 55.4 Å². The Morgan fingerprint density at radius 3 is 2.59 bits per heavy atom. The lowest BCUT2D eigenvalue weighted by Gasteiger charge is -2.37. The molecule has 4 rings (SSSR count). The average Bonchev–Trinajstić information content (AvgIpc) is 2.99. The Morgan fingerprint density at radius 1 is 1.19 bits per heavy atom. The van der Waals surface area contributed by atoms with Gasteiger partial charge in [-0.3, -0.25) is 4.99 Å². The van der Waals surface area contributed by atoms with Gasteiger partial charge in [0.2, 0.25) is 0 Å². The van der Waals surface area contributed by atoms with E-state index in [0.29, 0.717) is 6.10 Å². The highest BCUT2D eigenvalue weighted by atomic mass is 79.9. The summed E-state index contributed by atoms with van der Waals surface area (Å²) in [5.41, 5.74) is 4.93. The van der Waals surface area contributed by atoms with Crippen LogP contribution in [0.4, 0.5) is 0 Å². The topological polar surface area (TPSA) is 41.8 Å². The number of ether oxygens (including phenoxy) is 1. The Balaban J connectivity index is 1.77. The summed E-state index contributed by atoms with van der Waals surface area (Å²) in [6.45, 7) is 0.0215. The lowest BCUT2D eigenvalue weighted by atomic mass is 9.70. The van der Waals surface area contributed by atoms with Gasteiger partial charge in [0.1, 0.15) is 0 Å². The van der Waals surface area contributed by atoms with Crippen molar-refractivity contribution in [1.29, 1.82) is 0 Å². The molecular weight excluding hydrogens is 402 g/mol. The highest BCUT2D eigenvalue weighted by molar-refractivity contribution is 9.10. The van der Waals surface area contributed by atoms with Crippen LogP contribution in [-0.2, 0) is 11.2 Å². The van der Waals surface area contributed by atoms with Gasteiger partial charge in [-0.1, -0.05) is 52.3 Å². The van der Waals surface area contributed by atoms with E-state index in [-0.39, 0.29) is 18.1 Å². The lowest BCUT2D eigenvalue weighted by Crippen LogP contribution is -2.36. The Hall–Kier alpha value is -1.49. The fourth-order valence-corrected chi connectivity index (χ4v) is 5.07. The third-order valence-electron chi connectivity index (χ3n) is 6.22. The van der Waals surface area contributed by atoms with E-state index in [1.807, 2.05) is 25.3 Å². The van der Waals surface area contributed by atoms with Gasteiger partial charge >= 0.3 is 0 Å². The van der Waals surface area contributed by atoms with Gasteiger partial charge in [-0.25, -0.2) is 0 Å². The van der Waals surface area contributed by atoms with E-state index < -0.39 is 0 Å². The average molecular weight is 428 g/mol. The first-order valence-corrected chi connectivity index (χ1v) is 10.5. The first-order chi connectivity index (χ1) is 13.1. The molecule has 1 fully saturated rings. The molecule has 2 aliphatic carbocycles. The number of benzene rings is 2. The molecule has 0 saturated heterocycles. The van der Waals surface area contributed by atoms with E-state index in [2.05, 4.69) is 46.3 Å². The summed E-state index contributed by atoms with van der Waals surface area (Å²) in [6.07, 6.45) is 5.71. The molecule has 1 spiro atoms. The van der Waals surface area contributed by atoms with E-state index in [9.17, 15) is 5.11 Å². The summed E-state index contributed by atoms with van der Waals surface area (Å²) in [5, 5.41) is 10.1. The lowest BCUT2D eigenvalue weighted by molar-refractivity contribution is 0.0467. The van der Waals surface area contributed by atoms with Crippen LogP contribution in [0.3, 0.4) is 0 Å². The number of fused-ring (bicyclic) bond motifs is 1. The van der Waals surface area contributed by atoms with Gasteiger partial charge in [0.05, 0.1) is 18.8 Å². The molecule has 0 aliphatic heterocycles. The summed E-state index contributed by atoms with van der Waals surface area (Å²) in [7, 11) is 1.81. The van der Waals surface area contributed by atoms with Crippen molar-refractivity contribution < 1.29 is 9.84 Å². The van der Waals surface area contributed by atoms with Gasteiger partial charge in [0.15, 0.2) is 0 Å². The van der Waals surface area contributed by atoms with Crippen molar-refractivity contribution in [2.45, 2.75) is 44.2 Å². The molecule has 0 radical (unpaired) electrons. The van der Waals surface area contributed by atoms with Gasteiger partial charge in [0.25, 0.3) is 0 Å². The standard InChI is InChI=1S/C23H26BrNO2/c1-27-19-9-11-23(12-10-19)14-17-7-8-18(24)13-20(17)22(23)25-21(15-26)16-5-3-2-4-6-16/h2-8,13,19,21,26H,9-12,14-15H2,1H3/t19?,21-,23?/m1/s1. The maximum absolute atomic E-state index is 10.1. The Morgan fingerprint density at radius 2 is 1.93 bits per heavy atom. The number of hydrogen-bond donors (Lipinski definition) is 1. The van der Waals surface area contributed by atoms with Gasteiger partial charge < -0.3 is 9.84 Å². The molecular formula is C23H26BrNO2. The van der Waals surface area contributed by atoms with Gasteiger partial charge in [0, 0.05) is 28.3 Å². The second-order valence-electron chi connectivity index (χ2n) is 7.78. The summed E-state index contributed by atoms with van der Waals surface area (Å²) < 4.78 is 6.69. The number of halogens is 1. The minimum atomic E-state index is -0.219. The fraction of sp³-hybridized carbons (Fsp3) is 0.435. The second-order valence-corrected chi connectivity index (χ2v) is 8.70. The highest BCUT2D eigenvalue weighted by Gasteiger charge is 2.45. The van der Waals surface area contributed by atoms with Crippen molar-refractivity contribution in [2.24, 2.45) is 10.4 Å². The van der Waals surface area contributed by atoms with E-state index in [1.54, 1.807) is 0 Å². The Kier molecular flexibility index (Phi) is 5.49. The molecule has 1 N–H and O–H groups in total. The van der Waals surface area contributed by atoms with Crippen molar-refractivity contribution in [3.05, 3.63) is 69.7 Å². The highest BCUT2D eigenvalue weighted by Crippen LogP contribution is 2.49. The minimum absolute atomic E-state index is 0.0215. The molecule has 0 amide bonds. The maximum Gasteiger partial charge on any atom is 0.0983 e. The summed E-state index contributed by atoms with van der Waals surface area (Å²) in [6, 6.07) is 16.5. The zero-order valence-corrected chi connectivity index (χ0v) is 17.3. The molecule has 2 aromatic rings. The minimum Gasteiger partial charge on any atom is -0.394 e. The molecule has 2 aromatic carbocycles. The van der Waals surface area contributed by atoms with Crippen molar-refractivity contribution in [2.75, 3.05) is 13.7 Å². The third kappa shape index (κ3) is 3.63. The van der Waals surface area contributed by atoms with Crippen molar-refractivity contribution >= 4 is 21.6 Å². The van der Waals surface area contributed by atoms with Crippen LogP contribution in [0.1, 0.15) is 48.4 Å². The first kappa shape index (κ1) is 18.9. The first-order valence-electron chi connectivity index (χ1n) is 9.71. The summed E-state index contributed by atoms with van der Waals surface area (Å²) in [4.78, 5) is 5.18. The number of nitrogens with zero attached hydrogens (tertiary/aromatic N) is 1. The van der Waals surface area contributed by atoms with Crippen LogP contribution in [0, 0.1) is 5.41 Å². The van der Waals surface area contributed by atoms with Crippen LogP contribution < -0.4 is 0 Å². The van der Waals surface area contributed by atoms with Crippen molar-refractivity contribution in [3.63, 3.8) is 0 Å². The Bertz CT molecular complexity index is 826. The molecule has 2 aliphatic rings. The number of aliphatic imine (C=N–C) groups is 1. The zero-order valence-electron chi connectivity index (χ0n) is 15.7. The van der Waals surface area contributed by atoms with E-state index in [1.165, 1.54) is 16.8 Å². The van der Waals surface area contributed by atoms with Crippen LogP contribution in [0.25, 0.3) is 0 Å². The third-order valence-corrected chi connectivity index (χ3v) is 6.72. The van der Waals surface area contributed by atoms with Crippen LogP contribution >= 0.6 is 15.9 Å². The van der Waals surface area contributed by atoms with E-state index >= 15 is 0 Å². The second kappa shape index (κ2) is 7.86. The number of methoxy groups -OCH3 is 1. The zero-order chi connectivity index (χ0) is 18.9. The molecule has 3 nitrogen and oxygen atoms in total. The summed E-state index contributed by atoms with van der Waals surface area (Å²) in [5.74, 6) is 0. The monoisotopic (exact) mass is 427 g/mol. The SMILES string of the molecule is COC1CCC2(CC1)Cc1ccc(Br)cc1C2=N[C@H](CO)c1ccccc1. The molecule has 27 heavy (non-hydrogen) atoms. The smallest absolute Gasteiger partial charge is 0.0983 e. The molecule has 1 atom stereocenters. The molecule has 4 heteroatoms. The molecule has 0 aromatic heterocycles. The van der Waals surface area contributed by atoms with Crippen LogP contribution in [0.15, 0.2) is 58.0 Å². The van der Waals surface area contributed by atoms with Gasteiger partial charge in [-0.2, -0.15) is 0 Å². The molecule has 142 valence electrons. The maximum atomic E-state index is 10.1. The fourth-order valence-electron chi connectivity index (χ4n) is 4.71. The normalized spacial score (nSPS) is 27.1. The molecule has 0 bridgehead atoms. The molecule has 0 unspecified atom stereocenters. The predicted octanol–water partition coefficient (Wildman–Crippen LogP) is 5.10. The van der Waals surface area contributed by atoms with Crippen molar-refractivity contribution in [1.82, 2.24) is 0 Å². The van der Waals surface area contributed by atoms with Crippen LogP contribution in [-0.4, -0.2) is 30.6 Å². The number of aliphatic hydroxyl groups excluding tert-OH is 1. The number of aliphatic hydroxyl groups is 1. The number of hydrogen-bond acceptors (Lipinski definition) is 3.